The van der Waals surface area contributed by atoms with Gasteiger partial charge >= 0.3 is 0 Å². The molecule has 160 valence electrons. The molecule has 31 heavy (non-hydrogen) atoms. The first-order valence-corrected chi connectivity index (χ1v) is 11.3. The largest absolute Gasteiger partial charge is 0.447 e. The Balaban J connectivity index is 2.02. The van der Waals surface area contributed by atoms with Gasteiger partial charge in [-0.15, -0.1) is 10.2 Å². The number of aromatic nitrogens is 3. The molecule has 7 heteroatoms. The number of hydrogen-bond acceptors (Lipinski definition) is 6. The average Bonchev–Trinajstić information content (AvgIpc) is 2.85. The van der Waals surface area contributed by atoms with Crippen molar-refractivity contribution in [2.24, 2.45) is 0 Å². The first-order chi connectivity index (χ1) is 14.8. The Morgan fingerprint density at radius 3 is 2.52 bits per heavy atom. The van der Waals surface area contributed by atoms with E-state index in [2.05, 4.69) is 47.2 Å². The molecule has 0 N–H and O–H groups in total. The minimum atomic E-state index is -0.658. The van der Waals surface area contributed by atoms with Crippen molar-refractivity contribution in [3.63, 3.8) is 0 Å². The Morgan fingerprint density at radius 2 is 1.84 bits per heavy atom. The lowest BCUT2D eigenvalue weighted by atomic mass is 9.99. The van der Waals surface area contributed by atoms with E-state index in [0.717, 1.165) is 39.3 Å². The number of fused-ring (bicyclic) bond motifs is 3. The molecule has 4 rings (SSSR count). The summed E-state index contributed by atoms with van der Waals surface area (Å²) >= 11 is 1.51. The van der Waals surface area contributed by atoms with Crippen LogP contribution in [0, 0.1) is 27.7 Å². The molecule has 1 atom stereocenters. The molecule has 0 aliphatic carbocycles. The maximum absolute atomic E-state index is 13.0. The Labute approximate surface area is 187 Å². The number of benzene rings is 2. The van der Waals surface area contributed by atoms with Crippen LogP contribution in [-0.4, -0.2) is 26.8 Å². The normalized spacial score (nSPS) is 15.0. The molecule has 2 heterocycles. The van der Waals surface area contributed by atoms with Gasteiger partial charge in [-0.2, -0.15) is 4.98 Å². The fourth-order valence-electron chi connectivity index (χ4n) is 3.93. The number of thioether (sulfide) groups is 1. The smallest absolute Gasteiger partial charge is 0.247 e. The number of amides is 1. The second-order valence-corrected chi connectivity index (χ2v) is 9.09. The maximum atomic E-state index is 13.0. The molecule has 1 aliphatic rings. The van der Waals surface area contributed by atoms with Crippen molar-refractivity contribution < 1.29 is 9.53 Å². The lowest BCUT2D eigenvalue weighted by molar-refractivity contribution is -0.118. The van der Waals surface area contributed by atoms with Gasteiger partial charge in [-0.25, -0.2) is 0 Å². The Hall–Kier alpha value is -2.93. The van der Waals surface area contributed by atoms with Crippen LogP contribution in [0.4, 0.5) is 5.69 Å². The van der Waals surface area contributed by atoms with Crippen molar-refractivity contribution >= 4 is 23.4 Å². The number of ether oxygens (including phenoxy) is 1. The zero-order chi connectivity index (χ0) is 22.3. The summed E-state index contributed by atoms with van der Waals surface area (Å²) in [5, 5.41) is 9.33. The van der Waals surface area contributed by atoms with E-state index in [1.54, 1.807) is 11.8 Å². The summed E-state index contributed by atoms with van der Waals surface area (Å²) in [4.78, 5) is 19.4. The highest BCUT2D eigenvalue weighted by Crippen LogP contribution is 2.45. The molecule has 1 amide bonds. The maximum Gasteiger partial charge on any atom is 0.247 e. The van der Waals surface area contributed by atoms with Crippen LogP contribution in [0.5, 0.6) is 5.88 Å². The molecule has 0 saturated heterocycles. The summed E-state index contributed by atoms with van der Waals surface area (Å²) in [6, 6.07) is 10.2. The van der Waals surface area contributed by atoms with E-state index in [1.165, 1.54) is 17.3 Å². The molecule has 0 bridgehead atoms. The van der Waals surface area contributed by atoms with Crippen LogP contribution in [0.25, 0.3) is 11.3 Å². The molecule has 0 radical (unpaired) electrons. The van der Waals surface area contributed by atoms with Crippen molar-refractivity contribution in [2.45, 2.75) is 52.9 Å². The number of aryl methyl sites for hydroxylation is 4. The molecule has 1 aliphatic heterocycles. The molecular formula is C24H26N4O2S. The quantitative estimate of drug-likeness (QED) is 0.519. The third-order valence-electron chi connectivity index (χ3n) is 5.46. The Bertz CT molecular complexity index is 1180. The van der Waals surface area contributed by atoms with Crippen LogP contribution < -0.4 is 9.64 Å². The second kappa shape index (κ2) is 8.30. The number of carbonyl (C=O) groups excluding carboxylic acids is 1. The summed E-state index contributed by atoms with van der Waals surface area (Å²) < 4.78 is 6.45. The predicted octanol–water partition coefficient (Wildman–Crippen LogP) is 5.33. The topological polar surface area (TPSA) is 68.2 Å². The predicted molar refractivity (Wildman–Crippen MR) is 124 cm³/mol. The van der Waals surface area contributed by atoms with Crippen LogP contribution in [0.15, 0.2) is 35.5 Å². The third kappa shape index (κ3) is 3.90. The second-order valence-electron chi connectivity index (χ2n) is 7.86. The zero-order valence-electron chi connectivity index (χ0n) is 18.7. The SMILES string of the molecule is CCSc1nnc2c(n1)O[C@@H](c1ccc(C)c(C)c1)N(C(C)=O)c1c(C)cc(C)cc1-2. The van der Waals surface area contributed by atoms with Crippen molar-refractivity contribution in [1.29, 1.82) is 0 Å². The number of nitrogens with zero attached hydrogens (tertiary/aromatic N) is 4. The van der Waals surface area contributed by atoms with Gasteiger partial charge in [-0.3, -0.25) is 9.69 Å². The van der Waals surface area contributed by atoms with Gasteiger partial charge in [0.05, 0.1) is 5.69 Å². The molecule has 0 unspecified atom stereocenters. The lowest BCUT2D eigenvalue weighted by Gasteiger charge is -2.31. The van der Waals surface area contributed by atoms with Crippen molar-refractivity contribution in [1.82, 2.24) is 15.2 Å². The fourth-order valence-corrected chi connectivity index (χ4v) is 4.44. The van der Waals surface area contributed by atoms with Gasteiger partial charge in [0, 0.05) is 18.1 Å². The van der Waals surface area contributed by atoms with Gasteiger partial charge in [-0.1, -0.05) is 48.5 Å². The minimum absolute atomic E-state index is 0.111. The Kier molecular flexibility index (Phi) is 5.71. The summed E-state index contributed by atoms with van der Waals surface area (Å²) in [5.41, 5.74) is 7.41. The van der Waals surface area contributed by atoms with Crippen molar-refractivity contribution in [3.05, 3.63) is 58.1 Å². The van der Waals surface area contributed by atoms with E-state index >= 15 is 0 Å². The highest BCUT2D eigenvalue weighted by atomic mass is 32.2. The average molecular weight is 435 g/mol. The first kappa shape index (κ1) is 21.3. The van der Waals surface area contributed by atoms with Gasteiger partial charge < -0.3 is 4.74 Å². The first-order valence-electron chi connectivity index (χ1n) is 10.3. The molecule has 1 aromatic heterocycles. The fraction of sp³-hybridized carbons (Fsp3) is 0.333. The summed E-state index contributed by atoms with van der Waals surface area (Å²) in [5.74, 6) is 1.11. The molecule has 2 aromatic carbocycles. The highest BCUT2D eigenvalue weighted by Gasteiger charge is 2.36. The number of hydrogen-bond donors (Lipinski definition) is 0. The van der Waals surface area contributed by atoms with E-state index in [4.69, 9.17) is 4.74 Å². The van der Waals surface area contributed by atoms with E-state index < -0.39 is 6.23 Å². The van der Waals surface area contributed by atoms with Gasteiger partial charge in [-0.05, 0) is 56.2 Å². The molecule has 3 aromatic rings. The zero-order valence-corrected chi connectivity index (χ0v) is 19.5. The van der Waals surface area contributed by atoms with Crippen LogP contribution in [-0.2, 0) is 4.79 Å². The van der Waals surface area contributed by atoms with Crippen LogP contribution >= 0.6 is 11.8 Å². The minimum Gasteiger partial charge on any atom is -0.447 e. The molecule has 0 spiro atoms. The van der Waals surface area contributed by atoms with Crippen LogP contribution in [0.2, 0.25) is 0 Å². The van der Waals surface area contributed by atoms with E-state index in [0.29, 0.717) is 16.7 Å². The van der Waals surface area contributed by atoms with Gasteiger partial charge in [0.15, 0.2) is 5.69 Å². The van der Waals surface area contributed by atoms with E-state index in [-0.39, 0.29) is 5.91 Å². The standard InChI is InChI=1S/C24H26N4O2S/c1-7-31-24-25-22-20(26-27-24)19-11-13(2)10-16(5)21(19)28(17(6)29)23(30-22)18-9-8-14(3)15(4)12-18/h8-12,23H,7H2,1-6H3/t23-/m0/s1. The lowest BCUT2D eigenvalue weighted by Crippen LogP contribution is -2.36. The van der Waals surface area contributed by atoms with Gasteiger partial charge in [0.1, 0.15) is 0 Å². The summed E-state index contributed by atoms with van der Waals surface area (Å²) in [6.45, 7) is 11.8. The van der Waals surface area contributed by atoms with E-state index in [1.807, 2.05) is 32.9 Å². The van der Waals surface area contributed by atoms with Crippen molar-refractivity contribution in [3.8, 4) is 17.1 Å². The van der Waals surface area contributed by atoms with Gasteiger partial charge in [0.25, 0.3) is 0 Å². The third-order valence-corrected chi connectivity index (χ3v) is 6.18. The van der Waals surface area contributed by atoms with E-state index in [9.17, 15) is 4.79 Å². The Morgan fingerprint density at radius 1 is 1.06 bits per heavy atom. The molecular weight excluding hydrogens is 408 g/mol. The number of carbonyl (C=O) groups is 1. The number of rotatable bonds is 3. The van der Waals surface area contributed by atoms with Gasteiger partial charge in [0.2, 0.25) is 23.2 Å². The summed E-state index contributed by atoms with van der Waals surface area (Å²) in [6.07, 6.45) is -0.658. The summed E-state index contributed by atoms with van der Waals surface area (Å²) in [7, 11) is 0. The van der Waals surface area contributed by atoms with Crippen molar-refractivity contribution in [2.75, 3.05) is 10.7 Å². The molecule has 0 fully saturated rings. The monoisotopic (exact) mass is 434 g/mol. The van der Waals surface area contributed by atoms with Crippen LogP contribution in [0.3, 0.4) is 0 Å². The number of anilines is 1. The van der Waals surface area contributed by atoms with Crippen LogP contribution in [0.1, 0.15) is 47.9 Å². The molecule has 6 nitrogen and oxygen atoms in total. The molecule has 0 saturated carbocycles. The highest BCUT2D eigenvalue weighted by molar-refractivity contribution is 7.99.